The van der Waals surface area contributed by atoms with Gasteiger partial charge in [0, 0.05) is 0 Å². The van der Waals surface area contributed by atoms with E-state index in [4.69, 9.17) is 0 Å². The van der Waals surface area contributed by atoms with Crippen molar-refractivity contribution < 1.29 is 4.70 Å². The topological polar surface area (TPSA) is 0 Å². The van der Waals surface area contributed by atoms with Crippen LogP contribution in [0, 0.1) is 0 Å². The molecule has 0 aliphatic rings. The highest BCUT2D eigenvalue weighted by Gasteiger charge is 2.07. The van der Waals surface area contributed by atoms with Crippen LogP contribution in [0.5, 0.6) is 0 Å². The van der Waals surface area contributed by atoms with Crippen molar-refractivity contribution in [3.8, 4) is 0 Å². The molecule has 0 aromatic heterocycles. The van der Waals surface area contributed by atoms with Gasteiger partial charge in [-0.05, 0) is 16.0 Å². The zero-order valence-electron chi connectivity index (χ0n) is 9.10. The van der Waals surface area contributed by atoms with Crippen LogP contribution in [0.15, 0.2) is 67.0 Å². The molecule has 0 amide bonds. The number of halogens is 1. The quantitative estimate of drug-likeness (QED) is 0.711. The number of hydrogen-bond acceptors (Lipinski definition) is 0. The fourth-order valence-electron chi connectivity index (χ4n) is 1.89. The summed E-state index contributed by atoms with van der Waals surface area (Å²) in [5.74, 6) is 0. The Morgan fingerprint density at radius 3 is 2.19 bits per heavy atom. The van der Waals surface area contributed by atoms with Gasteiger partial charge >= 0.3 is 0 Å². The molecule has 0 aliphatic heterocycles. The van der Waals surface area contributed by atoms with Crippen LogP contribution in [0.3, 0.4) is 0 Å². The lowest BCUT2D eigenvalue weighted by Crippen LogP contribution is -2.26. The fraction of sp³-hybridized carbons (Fsp3) is 0. The van der Waals surface area contributed by atoms with Gasteiger partial charge in [-0.2, -0.15) is 0 Å². The third-order valence-corrected chi connectivity index (χ3v) is 4.93. The lowest BCUT2D eigenvalue weighted by Gasteiger charge is -2.09. The number of benzene rings is 2. The second-order valence-corrected chi connectivity index (χ2v) is 6.18. The molecule has 0 unspecified atom stereocenters. The first-order valence-corrected chi connectivity index (χ1v) is 7.00. The maximum atomic E-state index is 3.91. The molecule has 0 atom stereocenters. The molecule has 0 saturated carbocycles. The van der Waals surface area contributed by atoms with Gasteiger partial charge in [0.25, 0.3) is 0 Å². The highest BCUT2D eigenvalue weighted by Crippen LogP contribution is 2.11. The summed E-state index contributed by atoms with van der Waals surface area (Å²) < 4.78 is 0. The van der Waals surface area contributed by atoms with Crippen molar-refractivity contribution in [2.75, 3.05) is 0 Å². The minimum atomic E-state index is -1.17. The fourth-order valence-corrected chi connectivity index (χ4v) is 3.55. The molecule has 0 bridgehead atoms. The van der Waals surface area contributed by atoms with Crippen LogP contribution in [0.1, 0.15) is 0 Å². The Morgan fingerprint density at radius 1 is 0.875 bits per heavy atom. The van der Waals surface area contributed by atoms with Gasteiger partial charge in [0.2, 0.25) is 0 Å². The summed E-state index contributed by atoms with van der Waals surface area (Å²) in [6.07, 6.45) is 0. The average Bonchev–Trinajstić information content (AvgIpc) is 2.31. The van der Waals surface area contributed by atoms with E-state index in [2.05, 4.69) is 67.0 Å². The van der Waals surface area contributed by atoms with Gasteiger partial charge in [-0.25, -0.2) is 0 Å². The van der Waals surface area contributed by atoms with E-state index in [-0.39, 0.29) is 4.70 Å². The highest BCUT2D eigenvalue weighted by molar-refractivity contribution is 6.83. The molecular formula is C14H15FSi. The highest BCUT2D eigenvalue weighted by atomic mass is 28.3. The molecule has 0 spiro atoms. The van der Waals surface area contributed by atoms with E-state index in [1.165, 1.54) is 16.0 Å². The van der Waals surface area contributed by atoms with E-state index in [0.717, 1.165) is 0 Å². The third-order valence-electron chi connectivity index (χ3n) is 2.69. The molecule has 2 aromatic carbocycles. The third kappa shape index (κ3) is 2.12. The first-order chi connectivity index (χ1) is 7.36. The minimum Gasteiger partial charge on any atom is -0.269 e. The van der Waals surface area contributed by atoms with Crippen LogP contribution in [0.25, 0.3) is 10.8 Å². The summed E-state index contributed by atoms with van der Waals surface area (Å²) in [7, 11) is -1.17. The van der Waals surface area contributed by atoms with Gasteiger partial charge in [0.1, 0.15) is 8.80 Å². The summed E-state index contributed by atoms with van der Waals surface area (Å²) in [5, 5.41) is 4.06. The molecule has 0 N–H and O–H groups in total. The average molecular weight is 230 g/mol. The van der Waals surface area contributed by atoms with Crippen molar-refractivity contribution >= 4 is 24.8 Å². The van der Waals surface area contributed by atoms with Crippen molar-refractivity contribution in [2.45, 2.75) is 0 Å². The van der Waals surface area contributed by atoms with Crippen LogP contribution >= 0.6 is 0 Å². The van der Waals surface area contributed by atoms with Gasteiger partial charge in [-0.3, -0.25) is 4.70 Å². The van der Waals surface area contributed by atoms with Crippen LogP contribution in [0.2, 0.25) is 0 Å². The molecule has 2 aromatic rings. The summed E-state index contributed by atoms with van der Waals surface area (Å²) in [5.41, 5.74) is 4.13. The van der Waals surface area contributed by atoms with E-state index in [0.29, 0.717) is 0 Å². The molecule has 2 heteroatoms. The predicted octanol–water partition coefficient (Wildman–Crippen LogP) is 2.88. The zero-order chi connectivity index (χ0) is 10.7. The van der Waals surface area contributed by atoms with Crippen LogP contribution < -0.4 is 5.19 Å². The monoisotopic (exact) mass is 230 g/mol. The van der Waals surface area contributed by atoms with E-state index in [1.54, 1.807) is 0 Å². The zero-order valence-corrected chi connectivity index (χ0v) is 10.3. The van der Waals surface area contributed by atoms with Gasteiger partial charge in [-0.15, -0.1) is 13.2 Å². The summed E-state index contributed by atoms with van der Waals surface area (Å²) in [4.78, 5) is 0. The van der Waals surface area contributed by atoms with E-state index in [9.17, 15) is 0 Å². The van der Waals surface area contributed by atoms with Crippen LogP contribution in [0.4, 0.5) is 4.70 Å². The Bertz CT molecular complexity index is 492. The number of fused-ring (bicyclic) bond motifs is 1. The lowest BCUT2D eigenvalue weighted by molar-refractivity contribution is 1.11. The van der Waals surface area contributed by atoms with Gasteiger partial charge in [0.15, 0.2) is 0 Å². The Kier molecular flexibility index (Phi) is 4.20. The Labute approximate surface area is 96.9 Å². The molecule has 0 radical (unpaired) electrons. The van der Waals surface area contributed by atoms with Crippen molar-refractivity contribution in [1.82, 2.24) is 0 Å². The van der Waals surface area contributed by atoms with E-state index in [1.807, 2.05) is 0 Å². The van der Waals surface area contributed by atoms with Crippen molar-refractivity contribution in [3.05, 3.63) is 67.0 Å². The normalized spacial score (nSPS) is 9.81. The second-order valence-electron chi connectivity index (χ2n) is 3.57. The SMILES string of the molecule is C=C[SiH](C=C)c1cccc2ccccc12.F. The molecular weight excluding hydrogens is 215 g/mol. The molecule has 0 nitrogen and oxygen atoms in total. The van der Waals surface area contributed by atoms with Crippen molar-refractivity contribution in [2.24, 2.45) is 0 Å². The Hall–Kier alpha value is -1.67. The first kappa shape index (κ1) is 12.4. The van der Waals surface area contributed by atoms with Crippen LogP contribution in [-0.2, 0) is 0 Å². The largest absolute Gasteiger partial charge is 0.269 e. The van der Waals surface area contributed by atoms with Gasteiger partial charge in [-0.1, -0.05) is 53.9 Å². The molecule has 0 aliphatic carbocycles. The van der Waals surface area contributed by atoms with Crippen LogP contribution in [-0.4, -0.2) is 8.80 Å². The minimum absolute atomic E-state index is 0. The maximum absolute atomic E-state index is 3.91. The predicted molar refractivity (Wildman–Crippen MR) is 73.6 cm³/mol. The van der Waals surface area contributed by atoms with Gasteiger partial charge in [0.05, 0.1) is 0 Å². The first-order valence-electron chi connectivity index (χ1n) is 5.09. The smallest absolute Gasteiger partial charge is 0.117 e. The standard InChI is InChI=1S/C14H14Si.FH/c1-3-15(4-2)14-11-7-9-12-8-5-6-10-13(12)14;/h3-11,15H,1-2H2;1H. The number of hydrogen-bond donors (Lipinski definition) is 0. The molecule has 0 saturated heterocycles. The summed E-state index contributed by atoms with van der Waals surface area (Å²) in [6.45, 7) is 7.81. The summed E-state index contributed by atoms with van der Waals surface area (Å²) in [6, 6.07) is 15.0. The van der Waals surface area contributed by atoms with Gasteiger partial charge < -0.3 is 0 Å². The number of rotatable bonds is 3. The van der Waals surface area contributed by atoms with Crippen molar-refractivity contribution in [3.63, 3.8) is 0 Å². The van der Waals surface area contributed by atoms with E-state index >= 15 is 0 Å². The molecule has 16 heavy (non-hydrogen) atoms. The molecule has 82 valence electrons. The van der Waals surface area contributed by atoms with E-state index < -0.39 is 8.80 Å². The Balaban J connectivity index is 0.00000128. The molecule has 0 fully saturated rings. The molecule has 2 rings (SSSR count). The second kappa shape index (κ2) is 5.42. The maximum Gasteiger partial charge on any atom is 0.117 e. The summed E-state index contributed by atoms with van der Waals surface area (Å²) >= 11 is 0. The van der Waals surface area contributed by atoms with Crippen molar-refractivity contribution in [1.29, 1.82) is 0 Å². The lowest BCUT2D eigenvalue weighted by atomic mass is 10.1. The Morgan fingerprint density at radius 2 is 1.50 bits per heavy atom. The molecule has 0 heterocycles.